The van der Waals surface area contributed by atoms with Gasteiger partial charge in [0.2, 0.25) is 0 Å². The predicted molar refractivity (Wildman–Crippen MR) is 82.9 cm³/mol. The van der Waals surface area contributed by atoms with Gasteiger partial charge in [-0.2, -0.15) is 0 Å². The molecule has 0 bridgehead atoms. The molecule has 2 aromatic rings. The molecule has 7 heteroatoms. The number of carbonyl (C=O) groups excluding carboxylic acids is 2. The Balaban J connectivity index is 1.85. The van der Waals surface area contributed by atoms with Crippen LogP contribution in [0.2, 0.25) is 0 Å². The molecule has 0 fully saturated rings. The number of anilines is 4. The highest BCUT2D eigenvalue weighted by Gasteiger charge is 2.07. The summed E-state index contributed by atoms with van der Waals surface area (Å²) in [6, 6.07) is 11.8. The topological polar surface area (TPSA) is 122 Å². The summed E-state index contributed by atoms with van der Waals surface area (Å²) in [5.74, 6) is 0. The van der Waals surface area contributed by atoms with E-state index in [0.717, 1.165) is 0 Å². The fourth-order valence-corrected chi connectivity index (χ4v) is 1.56. The third-order valence-corrected chi connectivity index (χ3v) is 2.56. The number of rotatable bonds is 2. The minimum absolute atomic E-state index is 0.530. The number of hydrogen-bond acceptors (Lipinski definition) is 4. The molecule has 4 amide bonds. The van der Waals surface area contributed by atoms with E-state index in [9.17, 15) is 9.59 Å². The Morgan fingerprint density at radius 3 is 1.33 bits per heavy atom. The summed E-state index contributed by atoms with van der Waals surface area (Å²) in [6.45, 7) is 0. The summed E-state index contributed by atoms with van der Waals surface area (Å²) in [7, 11) is 0. The SMILES string of the molecule is Nc1ccc(NC(=O)NC(=O)Nc2ccc(N)cc2)cc1. The van der Waals surface area contributed by atoms with E-state index in [1.54, 1.807) is 48.5 Å². The van der Waals surface area contributed by atoms with E-state index in [-0.39, 0.29) is 0 Å². The molecule has 0 aromatic heterocycles. The summed E-state index contributed by atoms with van der Waals surface area (Å²) in [6.07, 6.45) is 0. The van der Waals surface area contributed by atoms with Crippen LogP contribution in [-0.4, -0.2) is 12.1 Å². The summed E-state index contributed by atoms with van der Waals surface area (Å²) in [5, 5.41) is 7.16. The van der Waals surface area contributed by atoms with Crippen molar-refractivity contribution in [3.8, 4) is 0 Å². The Hall–Kier alpha value is -3.22. The molecule has 0 heterocycles. The van der Waals surface area contributed by atoms with Crippen molar-refractivity contribution in [3.63, 3.8) is 0 Å². The second kappa shape index (κ2) is 6.29. The van der Waals surface area contributed by atoms with Crippen LogP contribution in [0.4, 0.5) is 32.3 Å². The lowest BCUT2D eigenvalue weighted by molar-refractivity contribution is 0.240. The standard InChI is InChI=1S/C14H15N5O2/c15-9-1-5-11(6-2-9)17-13(20)19-14(21)18-12-7-3-10(16)4-8-12/h1-8H,15-16H2,(H3,17,18,19,20,21). The average molecular weight is 285 g/mol. The molecule has 0 saturated heterocycles. The van der Waals surface area contributed by atoms with Crippen LogP contribution in [0, 0.1) is 0 Å². The molecule has 2 rings (SSSR count). The number of nitrogens with one attached hydrogen (secondary N) is 3. The van der Waals surface area contributed by atoms with Crippen LogP contribution < -0.4 is 27.4 Å². The van der Waals surface area contributed by atoms with E-state index in [4.69, 9.17) is 11.5 Å². The Kier molecular flexibility index (Phi) is 4.25. The first-order valence-electron chi connectivity index (χ1n) is 6.13. The van der Waals surface area contributed by atoms with Crippen molar-refractivity contribution in [3.05, 3.63) is 48.5 Å². The first-order chi connectivity index (χ1) is 10.0. The summed E-state index contributed by atoms with van der Waals surface area (Å²) < 4.78 is 0. The number of nitrogens with two attached hydrogens (primary N) is 2. The van der Waals surface area contributed by atoms with Crippen LogP contribution in [0.15, 0.2) is 48.5 Å². The van der Waals surface area contributed by atoms with E-state index >= 15 is 0 Å². The highest BCUT2D eigenvalue weighted by Crippen LogP contribution is 2.11. The van der Waals surface area contributed by atoms with Gasteiger partial charge in [0, 0.05) is 22.7 Å². The second-order valence-electron chi connectivity index (χ2n) is 4.28. The fourth-order valence-electron chi connectivity index (χ4n) is 1.56. The van der Waals surface area contributed by atoms with Gasteiger partial charge in [-0.3, -0.25) is 5.32 Å². The predicted octanol–water partition coefficient (Wildman–Crippen LogP) is 2.20. The lowest BCUT2D eigenvalue weighted by atomic mass is 10.3. The van der Waals surface area contributed by atoms with Crippen LogP contribution in [-0.2, 0) is 0 Å². The zero-order valence-corrected chi connectivity index (χ0v) is 11.1. The third-order valence-electron chi connectivity index (χ3n) is 2.56. The first-order valence-corrected chi connectivity index (χ1v) is 6.13. The lowest BCUT2D eigenvalue weighted by Crippen LogP contribution is -2.37. The molecular weight excluding hydrogens is 270 g/mol. The third kappa shape index (κ3) is 4.43. The minimum atomic E-state index is -0.646. The highest BCUT2D eigenvalue weighted by molar-refractivity contribution is 6.05. The van der Waals surface area contributed by atoms with Crippen LogP contribution in [0.1, 0.15) is 0 Å². The molecule has 0 aliphatic rings. The second-order valence-corrected chi connectivity index (χ2v) is 4.28. The number of hydrogen-bond donors (Lipinski definition) is 5. The van der Waals surface area contributed by atoms with Crippen molar-refractivity contribution in [2.75, 3.05) is 22.1 Å². The van der Waals surface area contributed by atoms with Gasteiger partial charge in [-0.25, -0.2) is 9.59 Å². The van der Waals surface area contributed by atoms with Crippen LogP contribution in [0.5, 0.6) is 0 Å². The number of benzene rings is 2. The molecule has 0 atom stereocenters. The summed E-state index contributed by atoms with van der Waals surface area (Å²) in [4.78, 5) is 23.2. The van der Waals surface area contributed by atoms with Crippen molar-refractivity contribution in [1.29, 1.82) is 0 Å². The van der Waals surface area contributed by atoms with Gasteiger partial charge in [0.1, 0.15) is 0 Å². The maximum absolute atomic E-state index is 11.6. The van der Waals surface area contributed by atoms with Gasteiger partial charge in [0.25, 0.3) is 0 Å². The Bertz CT molecular complexity index is 580. The molecule has 2 aromatic carbocycles. The van der Waals surface area contributed by atoms with Gasteiger partial charge in [0.15, 0.2) is 0 Å². The molecule has 7 N–H and O–H groups in total. The molecule has 108 valence electrons. The summed E-state index contributed by atoms with van der Waals surface area (Å²) >= 11 is 0. The Morgan fingerprint density at radius 2 is 1.00 bits per heavy atom. The fraction of sp³-hybridized carbons (Fsp3) is 0. The number of carbonyl (C=O) groups is 2. The van der Waals surface area contributed by atoms with Crippen molar-refractivity contribution >= 4 is 34.8 Å². The number of imide groups is 1. The Morgan fingerprint density at radius 1 is 0.667 bits per heavy atom. The number of nitrogen functional groups attached to an aromatic ring is 2. The van der Waals surface area contributed by atoms with Crippen LogP contribution >= 0.6 is 0 Å². The first kappa shape index (κ1) is 14.2. The normalized spacial score (nSPS) is 9.71. The zero-order chi connectivity index (χ0) is 15.2. The number of urea groups is 2. The maximum Gasteiger partial charge on any atom is 0.327 e. The quantitative estimate of drug-likeness (QED) is 0.543. The van der Waals surface area contributed by atoms with Crippen molar-refractivity contribution < 1.29 is 9.59 Å². The molecule has 0 saturated carbocycles. The van der Waals surface area contributed by atoms with Crippen LogP contribution in [0.3, 0.4) is 0 Å². The molecule has 0 radical (unpaired) electrons. The smallest absolute Gasteiger partial charge is 0.327 e. The van der Waals surface area contributed by atoms with Gasteiger partial charge in [0.05, 0.1) is 0 Å². The van der Waals surface area contributed by atoms with Gasteiger partial charge in [-0.15, -0.1) is 0 Å². The van der Waals surface area contributed by atoms with Crippen LogP contribution in [0.25, 0.3) is 0 Å². The molecule has 0 unspecified atom stereocenters. The average Bonchev–Trinajstić information content (AvgIpc) is 2.44. The molecule has 7 nitrogen and oxygen atoms in total. The zero-order valence-electron chi connectivity index (χ0n) is 11.1. The van der Waals surface area contributed by atoms with E-state index in [2.05, 4.69) is 16.0 Å². The van der Waals surface area contributed by atoms with Gasteiger partial charge in [-0.05, 0) is 48.5 Å². The van der Waals surface area contributed by atoms with E-state index in [1.807, 2.05) is 0 Å². The number of amides is 4. The van der Waals surface area contributed by atoms with Gasteiger partial charge >= 0.3 is 12.1 Å². The lowest BCUT2D eigenvalue weighted by Gasteiger charge is -2.08. The van der Waals surface area contributed by atoms with Crippen molar-refractivity contribution in [2.45, 2.75) is 0 Å². The van der Waals surface area contributed by atoms with Gasteiger partial charge < -0.3 is 22.1 Å². The summed E-state index contributed by atoms with van der Waals surface area (Å²) in [5.41, 5.74) is 13.3. The Labute approximate surface area is 121 Å². The van der Waals surface area contributed by atoms with Gasteiger partial charge in [-0.1, -0.05) is 0 Å². The largest absolute Gasteiger partial charge is 0.399 e. The molecule has 21 heavy (non-hydrogen) atoms. The van der Waals surface area contributed by atoms with Crippen molar-refractivity contribution in [1.82, 2.24) is 5.32 Å². The molecular formula is C14H15N5O2. The molecule has 0 spiro atoms. The maximum atomic E-state index is 11.6. The minimum Gasteiger partial charge on any atom is -0.399 e. The monoisotopic (exact) mass is 285 g/mol. The highest BCUT2D eigenvalue weighted by atomic mass is 16.2. The van der Waals surface area contributed by atoms with Crippen molar-refractivity contribution in [2.24, 2.45) is 0 Å². The van der Waals surface area contributed by atoms with E-state index < -0.39 is 12.1 Å². The molecule has 0 aliphatic heterocycles. The van der Waals surface area contributed by atoms with E-state index in [1.165, 1.54) is 0 Å². The molecule has 0 aliphatic carbocycles. The van der Waals surface area contributed by atoms with E-state index in [0.29, 0.717) is 22.7 Å².